The van der Waals surface area contributed by atoms with E-state index >= 15 is 0 Å². The molecule has 2 rings (SSSR count). The number of anilines is 2. The van der Waals surface area contributed by atoms with Gasteiger partial charge < -0.3 is 20.1 Å². The number of benzene rings is 1. The van der Waals surface area contributed by atoms with Gasteiger partial charge in [0, 0.05) is 13.1 Å². The van der Waals surface area contributed by atoms with Gasteiger partial charge >= 0.3 is 0 Å². The van der Waals surface area contributed by atoms with Crippen molar-refractivity contribution in [1.29, 1.82) is 0 Å². The third-order valence-electron chi connectivity index (χ3n) is 2.20. The van der Waals surface area contributed by atoms with Gasteiger partial charge in [0.1, 0.15) is 11.5 Å². The first-order valence-electron chi connectivity index (χ1n) is 4.57. The van der Waals surface area contributed by atoms with Crippen LogP contribution in [0.1, 0.15) is 0 Å². The molecule has 0 aromatic heterocycles. The number of fused-ring (bicyclic) bond motifs is 1. The zero-order valence-corrected chi connectivity index (χ0v) is 8.59. The van der Waals surface area contributed by atoms with Crippen molar-refractivity contribution >= 4 is 17.3 Å². The summed E-state index contributed by atoms with van der Waals surface area (Å²) >= 11 is 0. The Morgan fingerprint density at radius 2 is 2.33 bits per heavy atom. The Balaban J connectivity index is 2.45. The first-order valence-corrected chi connectivity index (χ1v) is 4.57. The lowest BCUT2D eigenvalue weighted by Crippen LogP contribution is -2.25. The Morgan fingerprint density at radius 3 is 3.00 bits per heavy atom. The molecule has 0 saturated carbocycles. The van der Waals surface area contributed by atoms with Crippen molar-refractivity contribution in [1.82, 2.24) is 0 Å². The molecular weight excluding hydrogens is 196 g/mol. The predicted molar refractivity (Wildman–Crippen MR) is 56.7 cm³/mol. The van der Waals surface area contributed by atoms with E-state index < -0.39 is 0 Å². The van der Waals surface area contributed by atoms with E-state index in [0.717, 1.165) is 5.69 Å². The van der Waals surface area contributed by atoms with E-state index in [1.54, 1.807) is 26.3 Å². The number of nitrogens with one attached hydrogen (secondary N) is 2. The number of carbonyl (C=O) groups is 1. The van der Waals surface area contributed by atoms with Gasteiger partial charge in [-0.15, -0.1) is 0 Å². The fourth-order valence-electron chi connectivity index (χ4n) is 1.47. The molecule has 1 aliphatic rings. The average Bonchev–Trinajstić information content (AvgIpc) is 2.27. The van der Waals surface area contributed by atoms with E-state index in [1.165, 1.54) is 0 Å². The summed E-state index contributed by atoms with van der Waals surface area (Å²) in [6.07, 6.45) is 0. The molecule has 0 spiro atoms. The number of hydrogen-bond acceptors (Lipinski definition) is 4. The molecule has 0 saturated heterocycles. The first-order chi connectivity index (χ1) is 7.24. The maximum Gasteiger partial charge on any atom is 0.262 e. The molecule has 0 atom stereocenters. The van der Waals surface area contributed by atoms with Gasteiger partial charge in [0.25, 0.3) is 5.91 Å². The largest absolute Gasteiger partial charge is 0.494 e. The predicted octanol–water partition coefficient (Wildman–Crippen LogP) is 1.07. The highest BCUT2D eigenvalue weighted by Gasteiger charge is 2.18. The Morgan fingerprint density at radius 1 is 1.53 bits per heavy atom. The van der Waals surface area contributed by atoms with E-state index in [2.05, 4.69) is 10.6 Å². The minimum atomic E-state index is -0.144. The smallest absolute Gasteiger partial charge is 0.262 e. The van der Waals surface area contributed by atoms with E-state index in [9.17, 15) is 4.79 Å². The van der Waals surface area contributed by atoms with Gasteiger partial charge in [0.05, 0.1) is 18.5 Å². The van der Waals surface area contributed by atoms with Crippen molar-refractivity contribution in [3.05, 3.63) is 12.1 Å². The monoisotopic (exact) mass is 208 g/mol. The van der Waals surface area contributed by atoms with Gasteiger partial charge in [0.15, 0.2) is 6.61 Å². The first kappa shape index (κ1) is 9.64. The van der Waals surface area contributed by atoms with E-state index in [0.29, 0.717) is 17.2 Å². The molecule has 1 aromatic carbocycles. The third kappa shape index (κ3) is 1.68. The second-order valence-corrected chi connectivity index (χ2v) is 3.14. The molecule has 1 heterocycles. The quantitative estimate of drug-likeness (QED) is 0.763. The highest BCUT2D eigenvalue weighted by molar-refractivity contribution is 5.96. The number of ether oxygens (including phenoxy) is 2. The summed E-state index contributed by atoms with van der Waals surface area (Å²) in [5.74, 6) is 1.17. The van der Waals surface area contributed by atoms with Crippen LogP contribution >= 0.6 is 0 Å². The summed E-state index contributed by atoms with van der Waals surface area (Å²) in [7, 11) is 3.37. The molecule has 0 radical (unpaired) electrons. The van der Waals surface area contributed by atoms with Crippen LogP contribution in [0.3, 0.4) is 0 Å². The minimum absolute atomic E-state index is 0.0506. The van der Waals surface area contributed by atoms with Crippen molar-refractivity contribution in [2.75, 3.05) is 31.4 Å². The highest BCUT2D eigenvalue weighted by Crippen LogP contribution is 2.37. The summed E-state index contributed by atoms with van der Waals surface area (Å²) < 4.78 is 10.4. The van der Waals surface area contributed by atoms with Crippen LogP contribution in [0.4, 0.5) is 11.4 Å². The van der Waals surface area contributed by atoms with Gasteiger partial charge in [-0.1, -0.05) is 0 Å². The Hall–Kier alpha value is -1.91. The SMILES string of the molecule is CNc1cc2c(cc1OC)OCC(=O)N2. The number of methoxy groups -OCH3 is 1. The molecule has 0 bridgehead atoms. The molecule has 1 amide bonds. The Labute approximate surface area is 87.4 Å². The van der Waals surface area contributed by atoms with Crippen molar-refractivity contribution < 1.29 is 14.3 Å². The summed E-state index contributed by atoms with van der Waals surface area (Å²) in [5, 5.41) is 5.71. The minimum Gasteiger partial charge on any atom is -0.494 e. The van der Waals surface area contributed by atoms with Crippen LogP contribution in [0.15, 0.2) is 12.1 Å². The zero-order chi connectivity index (χ0) is 10.8. The van der Waals surface area contributed by atoms with Gasteiger partial charge in [-0.25, -0.2) is 0 Å². The molecule has 0 aliphatic carbocycles. The summed E-state index contributed by atoms with van der Waals surface area (Å²) in [6, 6.07) is 3.53. The summed E-state index contributed by atoms with van der Waals surface area (Å²) in [5.41, 5.74) is 1.47. The van der Waals surface area contributed by atoms with E-state index in [4.69, 9.17) is 9.47 Å². The molecular formula is C10H12N2O3. The van der Waals surface area contributed by atoms with Crippen molar-refractivity contribution in [3.8, 4) is 11.5 Å². The van der Waals surface area contributed by atoms with Crippen LogP contribution in [-0.4, -0.2) is 26.7 Å². The normalized spacial score (nSPS) is 13.6. The Bertz CT molecular complexity index is 404. The molecule has 0 unspecified atom stereocenters. The Kier molecular flexibility index (Phi) is 2.37. The van der Waals surface area contributed by atoms with Gasteiger partial charge in [0.2, 0.25) is 0 Å². The van der Waals surface area contributed by atoms with E-state index in [1.807, 2.05) is 0 Å². The van der Waals surface area contributed by atoms with Crippen LogP contribution < -0.4 is 20.1 Å². The van der Waals surface area contributed by atoms with Gasteiger partial charge in [-0.05, 0) is 6.07 Å². The van der Waals surface area contributed by atoms with E-state index in [-0.39, 0.29) is 12.5 Å². The fourth-order valence-corrected chi connectivity index (χ4v) is 1.47. The molecule has 1 aromatic rings. The highest BCUT2D eigenvalue weighted by atomic mass is 16.5. The molecule has 5 heteroatoms. The lowest BCUT2D eigenvalue weighted by molar-refractivity contribution is -0.118. The molecule has 5 nitrogen and oxygen atoms in total. The second-order valence-electron chi connectivity index (χ2n) is 3.14. The molecule has 1 aliphatic heterocycles. The third-order valence-corrected chi connectivity index (χ3v) is 2.20. The maximum absolute atomic E-state index is 11.1. The van der Waals surface area contributed by atoms with Gasteiger partial charge in [-0.2, -0.15) is 0 Å². The summed E-state index contributed by atoms with van der Waals surface area (Å²) in [6.45, 7) is 0.0506. The molecule has 2 N–H and O–H groups in total. The maximum atomic E-state index is 11.1. The standard InChI is InChI=1S/C10H12N2O3/c1-11-6-3-7-9(4-8(6)14-2)15-5-10(13)12-7/h3-4,11H,5H2,1-2H3,(H,12,13). The number of rotatable bonds is 2. The average molecular weight is 208 g/mol. The lowest BCUT2D eigenvalue weighted by atomic mass is 10.2. The summed E-state index contributed by atoms with van der Waals surface area (Å²) in [4.78, 5) is 11.1. The lowest BCUT2D eigenvalue weighted by Gasteiger charge is -2.20. The van der Waals surface area contributed by atoms with Gasteiger partial charge in [-0.3, -0.25) is 4.79 Å². The zero-order valence-electron chi connectivity index (χ0n) is 8.59. The topological polar surface area (TPSA) is 59.6 Å². The van der Waals surface area contributed by atoms with Crippen LogP contribution in [0.2, 0.25) is 0 Å². The van der Waals surface area contributed by atoms with Crippen LogP contribution in [0, 0.1) is 0 Å². The van der Waals surface area contributed by atoms with Crippen LogP contribution in [0.25, 0.3) is 0 Å². The van der Waals surface area contributed by atoms with Crippen LogP contribution in [0.5, 0.6) is 11.5 Å². The number of hydrogen-bond donors (Lipinski definition) is 2. The fraction of sp³-hybridized carbons (Fsp3) is 0.300. The van der Waals surface area contributed by atoms with Crippen molar-refractivity contribution in [3.63, 3.8) is 0 Å². The van der Waals surface area contributed by atoms with Crippen LogP contribution in [-0.2, 0) is 4.79 Å². The molecule has 0 fully saturated rings. The molecule has 15 heavy (non-hydrogen) atoms. The number of amides is 1. The van der Waals surface area contributed by atoms with Crippen molar-refractivity contribution in [2.45, 2.75) is 0 Å². The molecule has 80 valence electrons. The van der Waals surface area contributed by atoms with Crippen molar-refractivity contribution in [2.24, 2.45) is 0 Å². The second kappa shape index (κ2) is 3.68. The number of carbonyl (C=O) groups excluding carboxylic acids is 1.